The van der Waals surface area contributed by atoms with E-state index in [1.807, 2.05) is 6.33 Å². The highest BCUT2D eigenvalue weighted by Gasteiger charge is 2.02. The lowest BCUT2D eigenvalue weighted by atomic mass is 10.3. The summed E-state index contributed by atoms with van der Waals surface area (Å²) in [6.45, 7) is 5.14. The van der Waals surface area contributed by atoms with Crippen LogP contribution in [0.5, 0.6) is 0 Å². The summed E-state index contributed by atoms with van der Waals surface area (Å²) in [6, 6.07) is 0. The van der Waals surface area contributed by atoms with Crippen molar-refractivity contribution in [2.24, 2.45) is 0 Å². The number of allylic oxidation sites excluding steroid dienone is 2. The van der Waals surface area contributed by atoms with Crippen LogP contribution in [-0.4, -0.2) is 9.55 Å². The van der Waals surface area contributed by atoms with Crippen molar-refractivity contribution < 1.29 is 0 Å². The number of imidazole rings is 1. The molecule has 0 aliphatic carbocycles. The van der Waals surface area contributed by atoms with Crippen LogP contribution >= 0.6 is 45.2 Å². The predicted molar refractivity (Wildman–Crippen MR) is 67.1 cm³/mol. The van der Waals surface area contributed by atoms with Crippen molar-refractivity contribution in [3.05, 3.63) is 25.4 Å². The minimum Gasteiger partial charge on any atom is -0.321 e. The largest absolute Gasteiger partial charge is 0.321 e. The fourth-order valence-corrected chi connectivity index (χ4v) is 1.65. The molecule has 0 aliphatic rings. The molecule has 0 saturated heterocycles. The summed E-state index contributed by atoms with van der Waals surface area (Å²) < 4.78 is 4.43. The van der Waals surface area contributed by atoms with Gasteiger partial charge in [-0.3, -0.25) is 0 Å². The molecule has 12 heavy (non-hydrogen) atoms. The smallest absolute Gasteiger partial charge is 0.132 e. The van der Waals surface area contributed by atoms with E-state index in [2.05, 4.69) is 74.7 Å². The first-order valence-electron chi connectivity index (χ1n) is 3.60. The van der Waals surface area contributed by atoms with E-state index in [1.54, 1.807) is 0 Å². The van der Waals surface area contributed by atoms with E-state index in [0.717, 1.165) is 10.2 Å². The maximum Gasteiger partial charge on any atom is 0.132 e. The van der Waals surface area contributed by atoms with Gasteiger partial charge in [0.15, 0.2) is 0 Å². The van der Waals surface area contributed by atoms with E-state index in [1.165, 1.54) is 9.27 Å². The highest BCUT2D eigenvalue weighted by Crippen LogP contribution is 2.12. The maximum atomic E-state index is 4.21. The van der Waals surface area contributed by atoms with Crippen LogP contribution in [0.15, 0.2) is 18.0 Å². The molecular formula is C8H10I2N2. The van der Waals surface area contributed by atoms with Crippen molar-refractivity contribution >= 4 is 45.2 Å². The molecule has 0 aromatic carbocycles. The molecule has 1 aromatic rings. The molecule has 1 rings (SSSR count). The van der Waals surface area contributed by atoms with Crippen LogP contribution in [0, 0.1) is 7.40 Å². The van der Waals surface area contributed by atoms with Crippen molar-refractivity contribution in [2.75, 3.05) is 0 Å². The van der Waals surface area contributed by atoms with E-state index < -0.39 is 0 Å². The van der Waals surface area contributed by atoms with Gasteiger partial charge in [-0.05, 0) is 59.0 Å². The number of rotatable bonds is 2. The topological polar surface area (TPSA) is 17.8 Å². The first-order chi connectivity index (χ1) is 5.61. The molecule has 0 fully saturated rings. The Kier molecular flexibility index (Phi) is 4.01. The summed E-state index contributed by atoms with van der Waals surface area (Å²) in [6.07, 6.45) is 4.07. The monoisotopic (exact) mass is 388 g/mol. The lowest BCUT2D eigenvalue weighted by molar-refractivity contribution is 0.793. The van der Waals surface area contributed by atoms with Crippen LogP contribution in [0.4, 0.5) is 0 Å². The molecule has 0 spiro atoms. The van der Waals surface area contributed by atoms with Crippen LogP contribution in [0.2, 0.25) is 0 Å². The molecule has 0 unspecified atom stereocenters. The van der Waals surface area contributed by atoms with Crippen LogP contribution in [-0.2, 0) is 6.54 Å². The quantitative estimate of drug-likeness (QED) is 0.563. The van der Waals surface area contributed by atoms with Gasteiger partial charge in [-0.25, -0.2) is 4.98 Å². The molecule has 1 aromatic heterocycles. The molecule has 0 aliphatic heterocycles. The lowest BCUT2D eigenvalue weighted by Gasteiger charge is -1.98. The van der Waals surface area contributed by atoms with Gasteiger partial charge in [0, 0.05) is 6.54 Å². The summed E-state index contributed by atoms with van der Waals surface area (Å²) in [5.74, 6) is 0. The van der Waals surface area contributed by atoms with Gasteiger partial charge >= 0.3 is 0 Å². The van der Waals surface area contributed by atoms with Crippen LogP contribution < -0.4 is 0 Å². The number of hydrogen-bond acceptors (Lipinski definition) is 1. The van der Waals surface area contributed by atoms with Crippen LogP contribution in [0.25, 0.3) is 0 Å². The molecule has 0 saturated carbocycles. The summed E-state index contributed by atoms with van der Waals surface area (Å²) in [4.78, 5) is 4.21. The van der Waals surface area contributed by atoms with Gasteiger partial charge in [0.1, 0.15) is 7.40 Å². The zero-order valence-corrected chi connectivity index (χ0v) is 11.3. The summed E-state index contributed by atoms with van der Waals surface area (Å²) in [5.41, 5.74) is 1.34. The molecule has 0 bridgehead atoms. The zero-order chi connectivity index (χ0) is 9.14. The third-order valence-corrected chi connectivity index (χ3v) is 4.38. The van der Waals surface area contributed by atoms with Gasteiger partial charge in [-0.2, -0.15) is 0 Å². The van der Waals surface area contributed by atoms with Crippen molar-refractivity contribution in [1.82, 2.24) is 9.55 Å². The number of aromatic nitrogens is 2. The van der Waals surface area contributed by atoms with Gasteiger partial charge in [0.2, 0.25) is 0 Å². The van der Waals surface area contributed by atoms with Crippen molar-refractivity contribution in [1.29, 1.82) is 0 Å². The molecule has 0 atom stereocenters. The summed E-state index contributed by atoms with van der Waals surface area (Å²) in [7, 11) is 0. The van der Waals surface area contributed by atoms with E-state index in [4.69, 9.17) is 0 Å². The summed E-state index contributed by atoms with van der Waals surface area (Å²) >= 11 is 4.55. The fourth-order valence-electron chi connectivity index (χ4n) is 0.751. The average molecular weight is 388 g/mol. The minimum atomic E-state index is 0.927. The first kappa shape index (κ1) is 10.5. The third-order valence-electron chi connectivity index (χ3n) is 1.43. The van der Waals surface area contributed by atoms with Crippen molar-refractivity contribution in [2.45, 2.75) is 20.4 Å². The minimum absolute atomic E-state index is 0.927. The standard InChI is InChI=1S/C8H10I2N2/c1-6(2)3-4-12-5-11-7(9)8(12)10/h3,5H,4H2,1-2H3. The van der Waals surface area contributed by atoms with Crippen LogP contribution in [0.3, 0.4) is 0 Å². The average Bonchev–Trinajstić information content (AvgIpc) is 2.30. The van der Waals surface area contributed by atoms with Crippen LogP contribution in [0.1, 0.15) is 13.8 Å². The first-order valence-corrected chi connectivity index (χ1v) is 5.76. The second-order valence-corrected chi connectivity index (χ2v) is 4.80. The Hall–Kier alpha value is 0.410. The Labute approximate surface area is 99.7 Å². The molecule has 1 heterocycles. The third kappa shape index (κ3) is 2.72. The van der Waals surface area contributed by atoms with E-state index in [9.17, 15) is 0 Å². The molecule has 2 nitrogen and oxygen atoms in total. The Morgan fingerprint density at radius 1 is 1.58 bits per heavy atom. The SMILES string of the molecule is CC(C)=CCn1cnc(I)c1I. The molecule has 4 heteroatoms. The second kappa shape index (κ2) is 4.59. The molecular weight excluding hydrogens is 378 g/mol. The fraction of sp³-hybridized carbons (Fsp3) is 0.375. The maximum absolute atomic E-state index is 4.21. The van der Waals surface area contributed by atoms with Gasteiger partial charge in [-0.1, -0.05) is 11.6 Å². The normalized spacial score (nSPS) is 10.0. The van der Waals surface area contributed by atoms with Crippen molar-refractivity contribution in [3.8, 4) is 0 Å². The van der Waals surface area contributed by atoms with Gasteiger partial charge in [-0.15, -0.1) is 0 Å². The second-order valence-electron chi connectivity index (χ2n) is 2.76. The predicted octanol–water partition coefficient (Wildman–Crippen LogP) is 3.06. The van der Waals surface area contributed by atoms with E-state index >= 15 is 0 Å². The zero-order valence-electron chi connectivity index (χ0n) is 7.01. The van der Waals surface area contributed by atoms with Crippen molar-refractivity contribution in [3.63, 3.8) is 0 Å². The number of hydrogen-bond donors (Lipinski definition) is 0. The molecule has 0 radical (unpaired) electrons. The Morgan fingerprint density at radius 3 is 2.67 bits per heavy atom. The molecule has 0 amide bonds. The summed E-state index contributed by atoms with van der Waals surface area (Å²) in [5, 5.41) is 0. The van der Waals surface area contributed by atoms with E-state index in [0.29, 0.717) is 0 Å². The van der Waals surface area contributed by atoms with E-state index in [-0.39, 0.29) is 0 Å². The number of nitrogens with zero attached hydrogens (tertiary/aromatic N) is 2. The Morgan fingerprint density at radius 2 is 2.25 bits per heavy atom. The van der Waals surface area contributed by atoms with Gasteiger partial charge in [0.25, 0.3) is 0 Å². The van der Waals surface area contributed by atoms with Gasteiger partial charge in [0.05, 0.1) is 6.33 Å². The van der Waals surface area contributed by atoms with Gasteiger partial charge < -0.3 is 4.57 Å². The number of halogens is 2. The molecule has 0 N–H and O–H groups in total. The molecule has 66 valence electrons. The highest BCUT2D eigenvalue weighted by molar-refractivity contribution is 14.1. The highest BCUT2D eigenvalue weighted by atomic mass is 127. The Balaban J connectivity index is 2.77. The Bertz CT molecular complexity index is 298. The lowest BCUT2D eigenvalue weighted by Crippen LogP contribution is -1.96.